The number of benzene rings is 2. The molecule has 2 aromatic carbocycles. The van der Waals surface area contributed by atoms with E-state index >= 15 is 0 Å². The van der Waals surface area contributed by atoms with Crippen LogP contribution in [0.5, 0.6) is 5.75 Å². The summed E-state index contributed by atoms with van der Waals surface area (Å²) in [6, 6.07) is 11.8. The Bertz CT molecular complexity index is 665. The second kappa shape index (κ2) is 9.77. The molecule has 22 heavy (non-hydrogen) atoms. The summed E-state index contributed by atoms with van der Waals surface area (Å²) >= 11 is 6.21. The lowest BCUT2D eigenvalue weighted by atomic mass is 10.1. The number of allylic oxidation sites excluding steroid dienone is 3. The zero-order valence-corrected chi connectivity index (χ0v) is 13.5. The Labute approximate surface area is 136 Å². The molecule has 0 aliphatic carbocycles. The van der Waals surface area contributed by atoms with Crippen LogP contribution in [0.1, 0.15) is 6.92 Å². The third-order valence-electron chi connectivity index (χ3n) is 2.81. The molecule has 0 atom stereocenters. The van der Waals surface area contributed by atoms with Crippen molar-refractivity contribution >= 4 is 29.1 Å². The minimum Gasteiger partial charge on any atom is -0.491 e. The summed E-state index contributed by atoms with van der Waals surface area (Å²) in [6.07, 6.45) is 3.48. The largest absolute Gasteiger partial charge is 0.491 e. The first-order chi connectivity index (χ1) is 10.6. The fraction of sp³-hybridized carbons (Fsp3) is 0.167. The number of hydrogen-bond acceptors (Lipinski definition) is 3. The van der Waals surface area contributed by atoms with Crippen LogP contribution >= 0.6 is 11.6 Å². The van der Waals surface area contributed by atoms with Gasteiger partial charge >= 0.3 is 0 Å². The highest BCUT2D eigenvalue weighted by molar-refractivity contribution is 6.37. The number of nitrogens with two attached hydrogens (primary N) is 1. The van der Waals surface area contributed by atoms with Gasteiger partial charge in [-0.25, -0.2) is 0 Å². The van der Waals surface area contributed by atoms with Crippen LogP contribution in [0.15, 0.2) is 65.8 Å². The summed E-state index contributed by atoms with van der Waals surface area (Å²) in [5, 5.41) is 2.78. The van der Waals surface area contributed by atoms with Crippen molar-refractivity contribution in [1.29, 1.82) is 0 Å². The molecule has 2 N–H and O–H groups in total. The molecule has 0 fully saturated rings. The molecule has 0 saturated carbocycles. The van der Waals surface area contributed by atoms with Gasteiger partial charge in [0.05, 0.1) is 5.02 Å². The van der Waals surface area contributed by atoms with Crippen LogP contribution in [0.25, 0.3) is 10.8 Å². The molecule has 116 valence electrons. The van der Waals surface area contributed by atoms with E-state index in [0.717, 1.165) is 16.5 Å². The van der Waals surface area contributed by atoms with Gasteiger partial charge in [0, 0.05) is 17.6 Å². The van der Waals surface area contributed by atoms with E-state index in [-0.39, 0.29) is 0 Å². The van der Waals surface area contributed by atoms with Gasteiger partial charge < -0.3 is 10.5 Å². The van der Waals surface area contributed by atoms with Crippen LogP contribution in [0.4, 0.5) is 0 Å². The maximum atomic E-state index is 6.21. The topological polar surface area (TPSA) is 47.6 Å². The van der Waals surface area contributed by atoms with Crippen LogP contribution in [0, 0.1) is 0 Å². The SMILES string of the molecule is C=C/C=C(/C)N=C.NCCOc1ccc2ccccc2c1Cl. The predicted molar refractivity (Wildman–Crippen MR) is 97.0 cm³/mol. The van der Waals surface area contributed by atoms with E-state index in [9.17, 15) is 0 Å². The summed E-state index contributed by atoms with van der Waals surface area (Å²) in [4.78, 5) is 3.62. The highest BCUT2D eigenvalue weighted by Crippen LogP contribution is 2.32. The molecular formula is C18H21ClN2O. The molecule has 0 radical (unpaired) electrons. The van der Waals surface area contributed by atoms with Gasteiger partial charge in [0.1, 0.15) is 12.4 Å². The molecule has 0 amide bonds. The van der Waals surface area contributed by atoms with Crippen molar-refractivity contribution in [3.8, 4) is 5.75 Å². The number of rotatable bonds is 5. The standard InChI is InChI=1S/C12H12ClNO.C6H9N/c13-12-10-4-2-1-3-9(10)5-6-11(12)15-8-7-14;1-4-5-6(2)7-3/h1-6H,7-8,14H2;4-5H,1,3H2,2H3/b;6-5-. The van der Waals surface area contributed by atoms with Crippen molar-refractivity contribution < 1.29 is 4.74 Å². The number of nitrogens with zero attached hydrogens (tertiary/aromatic N) is 1. The van der Waals surface area contributed by atoms with Crippen LogP contribution in [-0.4, -0.2) is 19.9 Å². The lowest BCUT2D eigenvalue weighted by Gasteiger charge is -2.08. The molecule has 2 rings (SSSR count). The Morgan fingerprint density at radius 1 is 1.32 bits per heavy atom. The molecule has 0 spiro atoms. The van der Waals surface area contributed by atoms with Gasteiger partial charge in [-0.3, -0.25) is 4.99 Å². The number of halogens is 1. The van der Waals surface area contributed by atoms with Crippen molar-refractivity contribution in [2.24, 2.45) is 10.7 Å². The van der Waals surface area contributed by atoms with Gasteiger partial charge in [-0.2, -0.15) is 0 Å². The molecule has 0 aliphatic heterocycles. The average Bonchev–Trinajstić information content (AvgIpc) is 2.55. The zero-order chi connectivity index (χ0) is 16.4. The van der Waals surface area contributed by atoms with Gasteiger partial charge in [-0.15, -0.1) is 0 Å². The van der Waals surface area contributed by atoms with Crippen molar-refractivity contribution in [2.45, 2.75) is 6.92 Å². The first kappa shape index (κ1) is 18.0. The molecule has 2 aromatic rings. The van der Waals surface area contributed by atoms with E-state index in [4.69, 9.17) is 22.1 Å². The summed E-state index contributed by atoms with van der Waals surface area (Å²) in [7, 11) is 0. The Kier molecular flexibility index (Phi) is 7.97. The first-order valence-electron chi connectivity index (χ1n) is 6.90. The van der Waals surface area contributed by atoms with E-state index in [1.54, 1.807) is 12.2 Å². The highest BCUT2D eigenvalue weighted by Gasteiger charge is 2.05. The van der Waals surface area contributed by atoms with Crippen LogP contribution in [0.3, 0.4) is 0 Å². The Morgan fingerprint density at radius 3 is 2.64 bits per heavy atom. The fourth-order valence-electron chi connectivity index (χ4n) is 1.72. The number of aliphatic imine (C=N–C) groups is 1. The fourth-order valence-corrected chi connectivity index (χ4v) is 2.01. The van der Waals surface area contributed by atoms with E-state index in [1.807, 2.05) is 43.3 Å². The van der Waals surface area contributed by atoms with E-state index < -0.39 is 0 Å². The molecule has 0 heterocycles. The van der Waals surface area contributed by atoms with E-state index in [2.05, 4.69) is 18.3 Å². The van der Waals surface area contributed by atoms with Crippen LogP contribution in [0.2, 0.25) is 5.02 Å². The Hall–Kier alpha value is -2.10. The monoisotopic (exact) mass is 316 g/mol. The van der Waals surface area contributed by atoms with Gasteiger partial charge in [-0.1, -0.05) is 54.6 Å². The molecule has 0 saturated heterocycles. The number of fused-ring (bicyclic) bond motifs is 1. The summed E-state index contributed by atoms with van der Waals surface area (Å²) in [5.41, 5.74) is 6.27. The molecule has 0 aromatic heterocycles. The van der Waals surface area contributed by atoms with Crippen molar-refractivity contribution in [3.05, 3.63) is 65.8 Å². The van der Waals surface area contributed by atoms with Crippen molar-refractivity contribution in [3.63, 3.8) is 0 Å². The van der Waals surface area contributed by atoms with Gasteiger partial charge in [0.15, 0.2) is 0 Å². The summed E-state index contributed by atoms with van der Waals surface area (Å²) in [6.45, 7) is 9.64. The lowest BCUT2D eigenvalue weighted by molar-refractivity contribution is 0.329. The van der Waals surface area contributed by atoms with E-state index in [0.29, 0.717) is 23.9 Å². The minimum atomic E-state index is 0.484. The first-order valence-corrected chi connectivity index (χ1v) is 7.28. The maximum absolute atomic E-state index is 6.21. The lowest BCUT2D eigenvalue weighted by Crippen LogP contribution is -2.10. The minimum absolute atomic E-state index is 0.484. The maximum Gasteiger partial charge on any atom is 0.138 e. The van der Waals surface area contributed by atoms with Gasteiger partial charge in [-0.05, 0) is 31.2 Å². The average molecular weight is 317 g/mol. The molecule has 0 bridgehead atoms. The molecule has 3 nitrogen and oxygen atoms in total. The smallest absolute Gasteiger partial charge is 0.138 e. The van der Waals surface area contributed by atoms with Crippen molar-refractivity contribution in [2.75, 3.05) is 13.2 Å². The Morgan fingerprint density at radius 2 is 2.05 bits per heavy atom. The normalized spacial score (nSPS) is 10.6. The van der Waals surface area contributed by atoms with Gasteiger partial charge in [0.25, 0.3) is 0 Å². The van der Waals surface area contributed by atoms with E-state index in [1.165, 1.54) is 0 Å². The second-order valence-corrected chi connectivity index (χ2v) is 4.82. The second-order valence-electron chi connectivity index (χ2n) is 4.44. The predicted octanol–water partition coefficient (Wildman–Crippen LogP) is 4.61. The third-order valence-corrected chi connectivity index (χ3v) is 3.20. The number of hydrogen-bond donors (Lipinski definition) is 1. The quantitative estimate of drug-likeness (QED) is 0.647. The van der Waals surface area contributed by atoms with Gasteiger partial charge in [0.2, 0.25) is 0 Å². The molecule has 0 aliphatic rings. The molecule has 0 unspecified atom stereocenters. The summed E-state index contributed by atoms with van der Waals surface area (Å²) < 4.78 is 5.44. The highest BCUT2D eigenvalue weighted by atomic mass is 35.5. The Balaban J connectivity index is 0.000000295. The van der Waals surface area contributed by atoms with Crippen LogP contribution < -0.4 is 10.5 Å². The number of ether oxygens (including phenoxy) is 1. The molecular weight excluding hydrogens is 296 g/mol. The van der Waals surface area contributed by atoms with Crippen molar-refractivity contribution in [1.82, 2.24) is 0 Å². The summed E-state index contributed by atoms with van der Waals surface area (Å²) in [5.74, 6) is 0.695. The van der Waals surface area contributed by atoms with Crippen LogP contribution in [-0.2, 0) is 0 Å². The molecule has 4 heteroatoms. The third kappa shape index (κ3) is 5.35. The zero-order valence-electron chi connectivity index (χ0n) is 12.8.